The first-order valence-electron chi connectivity index (χ1n) is 6.61. The Labute approximate surface area is 122 Å². The highest BCUT2D eigenvalue weighted by Crippen LogP contribution is 2.19. The Balaban J connectivity index is 1.92. The molecule has 0 radical (unpaired) electrons. The normalized spacial score (nSPS) is 13.4. The highest BCUT2D eigenvalue weighted by atomic mass is 16.4. The average Bonchev–Trinajstić information content (AvgIpc) is 2.48. The Kier molecular flexibility index (Phi) is 4.84. The van der Waals surface area contributed by atoms with Crippen molar-refractivity contribution in [3.05, 3.63) is 54.0 Å². The van der Waals surface area contributed by atoms with Crippen LogP contribution in [0.25, 0.3) is 0 Å². The fourth-order valence-electron chi connectivity index (χ4n) is 1.97. The second-order valence-electron chi connectivity index (χ2n) is 4.80. The van der Waals surface area contributed by atoms with Crippen molar-refractivity contribution < 1.29 is 15.0 Å². The van der Waals surface area contributed by atoms with E-state index < -0.39 is 12.1 Å². The number of hydrogen-bond acceptors (Lipinski definition) is 5. The maximum atomic E-state index is 10.7. The minimum atomic E-state index is -1.11. The van der Waals surface area contributed by atoms with Crippen LogP contribution in [0.4, 0.5) is 5.82 Å². The summed E-state index contributed by atoms with van der Waals surface area (Å²) in [5.41, 5.74) is 0.760. The van der Waals surface area contributed by atoms with Crippen LogP contribution >= 0.6 is 0 Å². The molecule has 0 aliphatic carbocycles. The van der Waals surface area contributed by atoms with E-state index in [-0.39, 0.29) is 11.7 Å². The summed E-state index contributed by atoms with van der Waals surface area (Å²) < 4.78 is 0. The zero-order valence-corrected chi connectivity index (χ0v) is 11.6. The van der Waals surface area contributed by atoms with Gasteiger partial charge in [-0.05, 0) is 18.9 Å². The number of aliphatic hydroxyl groups is 1. The molecule has 0 saturated carbocycles. The van der Waals surface area contributed by atoms with E-state index in [2.05, 4.69) is 15.3 Å². The molecule has 21 heavy (non-hydrogen) atoms. The second-order valence-corrected chi connectivity index (χ2v) is 4.80. The summed E-state index contributed by atoms with van der Waals surface area (Å²) in [4.78, 5) is 18.4. The van der Waals surface area contributed by atoms with Gasteiger partial charge in [-0.3, -0.25) is 0 Å². The number of carboxylic acid groups (broad SMARTS) is 1. The number of carbonyl (C=O) groups is 1. The Morgan fingerprint density at radius 1 is 1.24 bits per heavy atom. The molecular formula is C15H17N3O3. The van der Waals surface area contributed by atoms with Gasteiger partial charge in [0.25, 0.3) is 0 Å². The summed E-state index contributed by atoms with van der Waals surface area (Å²) in [6.07, 6.45) is 2.51. The first-order valence-corrected chi connectivity index (χ1v) is 6.61. The van der Waals surface area contributed by atoms with E-state index in [1.165, 1.54) is 12.4 Å². The number of hydrogen-bond donors (Lipinski definition) is 3. The molecular weight excluding hydrogens is 270 g/mol. The number of anilines is 1. The molecule has 3 N–H and O–H groups in total. The lowest BCUT2D eigenvalue weighted by molar-refractivity contribution is 0.0690. The van der Waals surface area contributed by atoms with Crippen molar-refractivity contribution in [3.8, 4) is 0 Å². The lowest BCUT2D eigenvalue weighted by Crippen LogP contribution is -2.19. The van der Waals surface area contributed by atoms with Gasteiger partial charge in [0, 0.05) is 6.04 Å². The van der Waals surface area contributed by atoms with Crippen molar-refractivity contribution in [2.45, 2.75) is 25.5 Å². The molecule has 1 aromatic carbocycles. The quantitative estimate of drug-likeness (QED) is 0.753. The number of aliphatic hydroxyl groups excluding tert-OH is 1. The van der Waals surface area contributed by atoms with E-state index in [0.717, 1.165) is 5.56 Å². The average molecular weight is 287 g/mol. The number of carboxylic acids is 1. The Hall–Kier alpha value is -2.47. The third-order valence-electron chi connectivity index (χ3n) is 3.03. The second kappa shape index (κ2) is 6.81. The number of rotatable bonds is 6. The molecule has 0 bridgehead atoms. The number of nitrogens with one attached hydrogen (secondary N) is 1. The summed E-state index contributed by atoms with van der Waals surface area (Å²) in [7, 11) is 0. The molecule has 2 aromatic rings. The first kappa shape index (κ1) is 14.9. The lowest BCUT2D eigenvalue weighted by atomic mass is 10.0. The molecule has 6 nitrogen and oxygen atoms in total. The van der Waals surface area contributed by atoms with Gasteiger partial charge in [-0.1, -0.05) is 30.3 Å². The van der Waals surface area contributed by atoms with Gasteiger partial charge in [-0.15, -0.1) is 0 Å². The molecule has 2 rings (SSSR count). The Bertz CT molecular complexity index is 587. The fourth-order valence-corrected chi connectivity index (χ4v) is 1.97. The Morgan fingerprint density at radius 2 is 1.95 bits per heavy atom. The Morgan fingerprint density at radius 3 is 2.52 bits per heavy atom. The lowest BCUT2D eigenvalue weighted by Gasteiger charge is -2.18. The fraction of sp³-hybridized carbons (Fsp3) is 0.267. The molecule has 1 heterocycles. The van der Waals surface area contributed by atoms with E-state index in [1.807, 2.05) is 37.3 Å². The van der Waals surface area contributed by atoms with Crippen LogP contribution in [-0.2, 0) is 0 Å². The molecule has 110 valence electrons. The molecule has 0 aliphatic heterocycles. The van der Waals surface area contributed by atoms with Crippen LogP contribution in [0.1, 0.15) is 35.5 Å². The molecule has 0 aliphatic rings. The highest BCUT2D eigenvalue weighted by molar-refractivity contribution is 5.84. The van der Waals surface area contributed by atoms with E-state index in [4.69, 9.17) is 5.11 Å². The monoisotopic (exact) mass is 287 g/mol. The van der Waals surface area contributed by atoms with Crippen molar-refractivity contribution in [3.63, 3.8) is 0 Å². The van der Waals surface area contributed by atoms with Gasteiger partial charge < -0.3 is 15.5 Å². The van der Waals surface area contributed by atoms with Crippen LogP contribution in [0.2, 0.25) is 0 Å². The summed E-state index contributed by atoms with van der Waals surface area (Å²) in [5.74, 6) is -0.630. The number of aromatic nitrogens is 2. The van der Waals surface area contributed by atoms with Crippen molar-refractivity contribution in [1.29, 1.82) is 0 Å². The number of aromatic carboxylic acids is 1. The standard InChI is InChI=1S/C15H17N3O3/c1-10(7-13(19)11-5-3-2-4-6-11)18-14-9-16-12(8-17-14)15(20)21/h2-6,8-10,13,19H,7H2,1H3,(H,17,18)(H,20,21). The molecule has 2 unspecified atom stereocenters. The molecule has 0 amide bonds. The van der Waals surface area contributed by atoms with Crippen LogP contribution in [0, 0.1) is 0 Å². The van der Waals surface area contributed by atoms with Gasteiger partial charge in [0.2, 0.25) is 0 Å². The minimum absolute atomic E-state index is 0.0369. The maximum absolute atomic E-state index is 10.7. The molecule has 0 spiro atoms. The minimum Gasteiger partial charge on any atom is -0.476 e. The van der Waals surface area contributed by atoms with Gasteiger partial charge in [0.1, 0.15) is 5.82 Å². The topological polar surface area (TPSA) is 95.3 Å². The van der Waals surface area contributed by atoms with Gasteiger partial charge in [0.15, 0.2) is 5.69 Å². The van der Waals surface area contributed by atoms with Crippen LogP contribution in [0.15, 0.2) is 42.7 Å². The van der Waals surface area contributed by atoms with E-state index in [9.17, 15) is 9.90 Å². The van der Waals surface area contributed by atoms with Crippen molar-refractivity contribution in [1.82, 2.24) is 9.97 Å². The predicted molar refractivity (Wildman–Crippen MR) is 78.1 cm³/mol. The highest BCUT2D eigenvalue weighted by Gasteiger charge is 2.13. The third kappa shape index (κ3) is 4.25. The molecule has 0 saturated heterocycles. The molecule has 1 aromatic heterocycles. The maximum Gasteiger partial charge on any atom is 0.356 e. The van der Waals surface area contributed by atoms with E-state index in [0.29, 0.717) is 12.2 Å². The van der Waals surface area contributed by atoms with E-state index in [1.54, 1.807) is 0 Å². The summed E-state index contributed by atoms with van der Waals surface area (Å²) >= 11 is 0. The zero-order chi connectivity index (χ0) is 15.2. The van der Waals surface area contributed by atoms with Gasteiger partial charge in [-0.2, -0.15) is 0 Å². The third-order valence-corrected chi connectivity index (χ3v) is 3.03. The predicted octanol–water partition coefficient (Wildman–Crippen LogP) is 2.10. The van der Waals surface area contributed by atoms with Crippen LogP contribution in [0.5, 0.6) is 0 Å². The van der Waals surface area contributed by atoms with Crippen molar-refractivity contribution in [2.75, 3.05) is 5.32 Å². The number of benzene rings is 1. The molecule has 0 fully saturated rings. The van der Waals surface area contributed by atoms with Gasteiger partial charge >= 0.3 is 5.97 Å². The molecule has 2 atom stereocenters. The van der Waals surface area contributed by atoms with Gasteiger partial charge in [0.05, 0.1) is 18.5 Å². The van der Waals surface area contributed by atoms with E-state index >= 15 is 0 Å². The molecule has 6 heteroatoms. The number of nitrogens with zero attached hydrogens (tertiary/aromatic N) is 2. The SMILES string of the molecule is CC(CC(O)c1ccccc1)Nc1cnc(C(=O)O)cn1. The van der Waals surface area contributed by atoms with Crippen molar-refractivity contribution >= 4 is 11.8 Å². The largest absolute Gasteiger partial charge is 0.476 e. The smallest absolute Gasteiger partial charge is 0.356 e. The summed E-state index contributed by atoms with van der Waals surface area (Å²) in [5, 5.41) is 22.0. The summed E-state index contributed by atoms with van der Waals surface area (Å²) in [6, 6.07) is 9.37. The zero-order valence-electron chi connectivity index (χ0n) is 11.6. The first-order chi connectivity index (χ1) is 10.1. The van der Waals surface area contributed by atoms with Crippen LogP contribution < -0.4 is 5.32 Å². The van der Waals surface area contributed by atoms with Gasteiger partial charge in [-0.25, -0.2) is 14.8 Å². The van der Waals surface area contributed by atoms with Crippen LogP contribution in [-0.4, -0.2) is 32.2 Å². The van der Waals surface area contributed by atoms with Crippen molar-refractivity contribution in [2.24, 2.45) is 0 Å². The summed E-state index contributed by atoms with van der Waals surface area (Å²) in [6.45, 7) is 1.92. The van der Waals surface area contributed by atoms with Crippen LogP contribution in [0.3, 0.4) is 0 Å².